The summed E-state index contributed by atoms with van der Waals surface area (Å²) in [6, 6.07) is 0. The number of amides is 1. The Morgan fingerprint density at radius 2 is 2.36 bits per heavy atom. The van der Waals surface area contributed by atoms with Gasteiger partial charge in [0, 0.05) is 12.5 Å². The van der Waals surface area contributed by atoms with Crippen LogP contribution < -0.4 is 5.32 Å². The third kappa shape index (κ3) is 4.35. The van der Waals surface area contributed by atoms with Gasteiger partial charge in [-0.25, -0.2) is 4.98 Å². The maximum absolute atomic E-state index is 12.1. The first-order valence-electron chi connectivity index (χ1n) is 8.27. The van der Waals surface area contributed by atoms with Gasteiger partial charge in [0.05, 0.1) is 5.25 Å². The molecule has 1 amide bonds. The summed E-state index contributed by atoms with van der Waals surface area (Å²) in [6.07, 6.45) is 10.7. The van der Waals surface area contributed by atoms with E-state index in [9.17, 15) is 4.79 Å². The van der Waals surface area contributed by atoms with Crippen molar-refractivity contribution >= 4 is 17.7 Å². The Balaban J connectivity index is 1.39. The average molecular weight is 320 g/mol. The number of rotatable bonds is 7. The van der Waals surface area contributed by atoms with Crippen LogP contribution in [0, 0.1) is 0 Å². The van der Waals surface area contributed by atoms with Crippen molar-refractivity contribution in [1.82, 2.24) is 20.5 Å². The Kier molecular flexibility index (Phi) is 5.18. The van der Waals surface area contributed by atoms with Crippen molar-refractivity contribution in [2.45, 2.75) is 68.2 Å². The second-order valence-corrected chi connectivity index (χ2v) is 7.49. The third-order valence-corrected chi connectivity index (χ3v) is 5.19. The van der Waals surface area contributed by atoms with Crippen molar-refractivity contribution in [3.8, 4) is 0 Å². The summed E-state index contributed by atoms with van der Waals surface area (Å²) in [7, 11) is 0. The van der Waals surface area contributed by atoms with Gasteiger partial charge in [0.2, 0.25) is 11.1 Å². The van der Waals surface area contributed by atoms with E-state index in [1.807, 2.05) is 6.92 Å². The molecular formula is C16H24N4OS. The number of aromatic amines is 1. The van der Waals surface area contributed by atoms with Gasteiger partial charge in [-0.15, -0.1) is 5.10 Å². The second kappa shape index (κ2) is 7.31. The van der Waals surface area contributed by atoms with Crippen molar-refractivity contribution in [2.75, 3.05) is 6.54 Å². The lowest BCUT2D eigenvalue weighted by Gasteiger charge is -2.14. The van der Waals surface area contributed by atoms with Crippen LogP contribution in [0.1, 0.15) is 63.6 Å². The molecule has 0 spiro atoms. The van der Waals surface area contributed by atoms with Gasteiger partial charge in [-0.2, -0.15) is 0 Å². The lowest BCUT2D eigenvalue weighted by atomic mass is 9.97. The summed E-state index contributed by atoms with van der Waals surface area (Å²) < 4.78 is 0. The van der Waals surface area contributed by atoms with Gasteiger partial charge < -0.3 is 5.32 Å². The van der Waals surface area contributed by atoms with Gasteiger partial charge in [-0.3, -0.25) is 9.89 Å². The molecule has 1 aromatic rings. The van der Waals surface area contributed by atoms with E-state index in [0.717, 1.165) is 18.8 Å². The Labute approximate surface area is 135 Å². The van der Waals surface area contributed by atoms with Gasteiger partial charge in [-0.1, -0.05) is 23.4 Å². The van der Waals surface area contributed by atoms with Crippen LogP contribution in [0.2, 0.25) is 0 Å². The number of H-pyrrole nitrogens is 1. The molecule has 120 valence electrons. The molecule has 2 aliphatic carbocycles. The first kappa shape index (κ1) is 15.6. The van der Waals surface area contributed by atoms with Crippen molar-refractivity contribution in [1.29, 1.82) is 0 Å². The molecule has 0 bridgehead atoms. The van der Waals surface area contributed by atoms with E-state index >= 15 is 0 Å². The number of nitrogens with one attached hydrogen (secondary N) is 2. The SMILES string of the molecule is CC(Sc1n[nH]c(C2CC2)n1)C(=O)NCCC1=CCCCC1. The van der Waals surface area contributed by atoms with Gasteiger partial charge in [0.25, 0.3) is 0 Å². The molecule has 0 aliphatic heterocycles. The van der Waals surface area contributed by atoms with Crippen molar-refractivity contribution in [3.63, 3.8) is 0 Å². The molecule has 1 heterocycles. The van der Waals surface area contributed by atoms with Crippen LogP contribution in [-0.4, -0.2) is 32.9 Å². The van der Waals surface area contributed by atoms with Crippen LogP contribution >= 0.6 is 11.8 Å². The summed E-state index contributed by atoms with van der Waals surface area (Å²) in [5.74, 6) is 1.60. The first-order chi connectivity index (χ1) is 10.7. The Bertz CT molecular complexity index is 550. The molecule has 3 rings (SSSR count). The molecule has 1 atom stereocenters. The van der Waals surface area contributed by atoms with Crippen LogP contribution in [0.15, 0.2) is 16.8 Å². The number of carbonyl (C=O) groups excluding carboxylic acids is 1. The molecule has 0 aromatic carbocycles. The summed E-state index contributed by atoms with van der Waals surface area (Å²) in [5.41, 5.74) is 1.50. The van der Waals surface area contributed by atoms with E-state index in [1.165, 1.54) is 55.9 Å². The number of thioether (sulfide) groups is 1. The lowest BCUT2D eigenvalue weighted by Crippen LogP contribution is -2.32. The van der Waals surface area contributed by atoms with Crippen LogP contribution in [-0.2, 0) is 4.79 Å². The second-order valence-electron chi connectivity index (χ2n) is 6.19. The summed E-state index contributed by atoms with van der Waals surface area (Å²) in [5, 5.41) is 10.7. The van der Waals surface area contributed by atoms with Gasteiger partial charge in [-0.05, 0) is 51.9 Å². The predicted molar refractivity (Wildman–Crippen MR) is 87.9 cm³/mol. The summed E-state index contributed by atoms with van der Waals surface area (Å²) in [6.45, 7) is 2.64. The monoisotopic (exact) mass is 320 g/mol. The van der Waals surface area contributed by atoms with Gasteiger partial charge >= 0.3 is 0 Å². The molecule has 1 unspecified atom stereocenters. The highest BCUT2D eigenvalue weighted by atomic mass is 32.2. The lowest BCUT2D eigenvalue weighted by molar-refractivity contribution is -0.120. The minimum atomic E-state index is -0.164. The molecule has 2 N–H and O–H groups in total. The van der Waals surface area contributed by atoms with Crippen LogP contribution in [0.25, 0.3) is 0 Å². The van der Waals surface area contributed by atoms with Crippen molar-refractivity contribution in [2.24, 2.45) is 0 Å². The highest BCUT2D eigenvalue weighted by Gasteiger charge is 2.27. The standard InChI is InChI=1S/C16H24N4OS/c1-11(22-16-18-14(19-20-16)13-7-8-13)15(21)17-10-9-12-5-3-2-4-6-12/h5,11,13H,2-4,6-10H2,1H3,(H,17,21)(H,18,19,20). The van der Waals surface area contributed by atoms with Crippen LogP contribution in [0.5, 0.6) is 0 Å². The highest BCUT2D eigenvalue weighted by molar-refractivity contribution is 8.00. The zero-order valence-corrected chi connectivity index (χ0v) is 13.9. The molecule has 22 heavy (non-hydrogen) atoms. The third-order valence-electron chi connectivity index (χ3n) is 4.23. The highest BCUT2D eigenvalue weighted by Crippen LogP contribution is 2.38. The zero-order chi connectivity index (χ0) is 15.4. The predicted octanol–water partition coefficient (Wildman–Crippen LogP) is 3.17. The van der Waals surface area contributed by atoms with E-state index in [1.54, 1.807) is 0 Å². The molecule has 0 saturated heterocycles. The van der Waals surface area contributed by atoms with Crippen molar-refractivity contribution in [3.05, 3.63) is 17.5 Å². The van der Waals surface area contributed by atoms with Gasteiger partial charge in [0.1, 0.15) is 5.82 Å². The van der Waals surface area contributed by atoms with Gasteiger partial charge in [0.15, 0.2) is 0 Å². The van der Waals surface area contributed by atoms with Crippen LogP contribution in [0.4, 0.5) is 0 Å². The number of carbonyl (C=O) groups is 1. The number of hydrogen-bond donors (Lipinski definition) is 2. The molecule has 0 radical (unpaired) electrons. The Hall–Kier alpha value is -1.30. The fraction of sp³-hybridized carbons (Fsp3) is 0.688. The van der Waals surface area contributed by atoms with E-state index < -0.39 is 0 Å². The zero-order valence-electron chi connectivity index (χ0n) is 13.1. The molecule has 1 fully saturated rings. The Morgan fingerprint density at radius 3 is 3.09 bits per heavy atom. The van der Waals surface area contributed by atoms with E-state index in [-0.39, 0.29) is 11.2 Å². The topological polar surface area (TPSA) is 70.7 Å². The fourth-order valence-corrected chi connectivity index (χ4v) is 3.44. The summed E-state index contributed by atoms with van der Waals surface area (Å²) >= 11 is 1.42. The Morgan fingerprint density at radius 1 is 1.50 bits per heavy atom. The quantitative estimate of drug-likeness (QED) is 0.598. The molecule has 2 aliphatic rings. The number of allylic oxidation sites excluding steroid dienone is 1. The van der Waals surface area contributed by atoms with E-state index in [2.05, 4.69) is 26.6 Å². The largest absolute Gasteiger partial charge is 0.355 e. The first-order valence-corrected chi connectivity index (χ1v) is 9.15. The molecule has 6 heteroatoms. The number of aromatic nitrogens is 3. The normalized spacial score (nSPS) is 19.6. The fourth-order valence-electron chi connectivity index (χ4n) is 2.68. The van der Waals surface area contributed by atoms with E-state index in [0.29, 0.717) is 11.1 Å². The van der Waals surface area contributed by atoms with Crippen molar-refractivity contribution < 1.29 is 4.79 Å². The maximum Gasteiger partial charge on any atom is 0.233 e. The minimum Gasteiger partial charge on any atom is -0.355 e. The summed E-state index contributed by atoms with van der Waals surface area (Å²) in [4.78, 5) is 16.6. The number of hydrogen-bond acceptors (Lipinski definition) is 4. The minimum absolute atomic E-state index is 0.0687. The maximum atomic E-state index is 12.1. The molecule has 5 nitrogen and oxygen atoms in total. The molecule has 1 aromatic heterocycles. The number of nitrogens with zero attached hydrogens (tertiary/aromatic N) is 2. The van der Waals surface area contributed by atoms with Crippen LogP contribution in [0.3, 0.4) is 0 Å². The molecular weight excluding hydrogens is 296 g/mol. The molecule has 1 saturated carbocycles. The van der Waals surface area contributed by atoms with E-state index in [4.69, 9.17) is 0 Å². The average Bonchev–Trinajstić information content (AvgIpc) is 3.28. The smallest absolute Gasteiger partial charge is 0.233 e.